The summed E-state index contributed by atoms with van der Waals surface area (Å²) in [6.45, 7) is 5.57. The molecule has 0 spiro atoms. The highest BCUT2D eigenvalue weighted by molar-refractivity contribution is 5.83. The molecule has 130 valence electrons. The van der Waals surface area contributed by atoms with Crippen molar-refractivity contribution in [2.24, 2.45) is 11.8 Å². The molecule has 3 fully saturated rings. The van der Waals surface area contributed by atoms with Crippen LogP contribution in [-0.2, 0) is 14.3 Å². The van der Waals surface area contributed by atoms with Gasteiger partial charge in [0.25, 0.3) is 5.91 Å². The van der Waals surface area contributed by atoms with Gasteiger partial charge in [0.2, 0.25) is 5.91 Å². The van der Waals surface area contributed by atoms with Crippen LogP contribution < -0.4 is 5.32 Å². The molecule has 3 unspecified atom stereocenters. The van der Waals surface area contributed by atoms with Crippen LogP contribution in [0.5, 0.6) is 0 Å². The summed E-state index contributed by atoms with van der Waals surface area (Å²) in [7, 11) is 2.02. The Labute approximate surface area is 138 Å². The van der Waals surface area contributed by atoms with E-state index in [2.05, 4.69) is 10.2 Å². The Morgan fingerprint density at radius 2 is 1.96 bits per heavy atom. The molecular weight excluding hydrogens is 294 g/mol. The zero-order valence-electron chi connectivity index (χ0n) is 14.3. The molecule has 1 saturated carbocycles. The minimum atomic E-state index is -0.392. The fraction of sp³-hybridized carbons (Fsp3) is 0.882. The quantitative estimate of drug-likeness (QED) is 0.817. The number of carbonyl (C=O) groups excluding carboxylic acids is 2. The average molecular weight is 323 g/mol. The SMILES string of the molecule is CC1CN(C)CC(C(=O)N2CCCC(C(=O)NCC3CC3)C2)O1. The molecule has 0 bridgehead atoms. The van der Waals surface area contributed by atoms with Gasteiger partial charge in [-0.2, -0.15) is 0 Å². The number of rotatable bonds is 4. The summed E-state index contributed by atoms with van der Waals surface area (Å²) in [6, 6.07) is 0. The largest absolute Gasteiger partial charge is 0.363 e. The Morgan fingerprint density at radius 1 is 1.17 bits per heavy atom. The van der Waals surface area contributed by atoms with Crippen LogP contribution >= 0.6 is 0 Å². The number of carbonyl (C=O) groups is 2. The predicted molar refractivity (Wildman–Crippen MR) is 86.9 cm³/mol. The molecule has 3 atom stereocenters. The third kappa shape index (κ3) is 4.44. The van der Waals surface area contributed by atoms with E-state index in [4.69, 9.17) is 4.74 Å². The molecule has 1 N–H and O–H groups in total. The predicted octanol–water partition coefficient (Wildman–Crippen LogP) is 0.470. The fourth-order valence-electron chi connectivity index (χ4n) is 3.61. The van der Waals surface area contributed by atoms with E-state index in [0.717, 1.165) is 32.5 Å². The zero-order valence-corrected chi connectivity index (χ0v) is 14.3. The van der Waals surface area contributed by atoms with Gasteiger partial charge in [0.15, 0.2) is 0 Å². The molecule has 23 heavy (non-hydrogen) atoms. The van der Waals surface area contributed by atoms with Gasteiger partial charge in [0, 0.05) is 32.7 Å². The number of nitrogens with zero attached hydrogens (tertiary/aromatic N) is 2. The smallest absolute Gasteiger partial charge is 0.253 e. The van der Waals surface area contributed by atoms with E-state index in [0.29, 0.717) is 19.0 Å². The van der Waals surface area contributed by atoms with Gasteiger partial charge in [-0.1, -0.05) is 0 Å². The van der Waals surface area contributed by atoms with Gasteiger partial charge in [0.05, 0.1) is 12.0 Å². The van der Waals surface area contributed by atoms with Crippen molar-refractivity contribution in [3.63, 3.8) is 0 Å². The Bertz CT molecular complexity index is 442. The molecule has 3 rings (SSSR count). The lowest BCUT2D eigenvalue weighted by atomic mass is 9.96. The third-order valence-electron chi connectivity index (χ3n) is 5.08. The number of hydrogen-bond acceptors (Lipinski definition) is 4. The van der Waals surface area contributed by atoms with Gasteiger partial charge >= 0.3 is 0 Å². The average Bonchev–Trinajstić information content (AvgIpc) is 3.35. The van der Waals surface area contributed by atoms with E-state index in [1.54, 1.807) is 0 Å². The minimum absolute atomic E-state index is 0.0445. The van der Waals surface area contributed by atoms with Crippen LogP contribution in [0.1, 0.15) is 32.6 Å². The molecule has 2 amide bonds. The first-order valence-corrected chi connectivity index (χ1v) is 8.93. The van der Waals surface area contributed by atoms with Crippen molar-refractivity contribution in [2.75, 3.05) is 39.8 Å². The van der Waals surface area contributed by atoms with Crippen LogP contribution in [0.4, 0.5) is 0 Å². The molecule has 0 aromatic heterocycles. The first kappa shape index (κ1) is 16.7. The van der Waals surface area contributed by atoms with E-state index in [1.807, 2.05) is 18.9 Å². The molecule has 0 radical (unpaired) electrons. The second-order valence-electron chi connectivity index (χ2n) is 7.47. The van der Waals surface area contributed by atoms with Crippen molar-refractivity contribution >= 4 is 11.8 Å². The lowest BCUT2D eigenvalue weighted by Gasteiger charge is -2.38. The fourth-order valence-corrected chi connectivity index (χ4v) is 3.61. The van der Waals surface area contributed by atoms with Gasteiger partial charge in [0.1, 0.15) is 6.10 Å². The molecule has 2 saturated heterocycles. The standard InChI is InChI=1S/C17H29N3O3/c1-12-9-19(2)11-15(23-12)17(22)20-7-3-4-14(10-20)16(21)18-8-13-5-6-13/h12-15H,3-11H2,1-2H3,(H,18,21). The number of amides is 2. The summed E-state index contributed by atoms with van der Waals surface area (Å²) < 4.78 is 5.82. The second kappa shape index (κ2) is 7.18. The maximum Gasteiger partial charge on any atom is 0.253 e. The van der Waals surface area contributed by atoms with Crippen molar-refractivity contribution in [3.05, 3.63) is 0 Å². The molecule has 2 heterocycles. The second-order valence-corrected chi connectivity index (χ2v) is 7.47. The van der Waals surface area contributed by atoms with E-state index in [1.165, 1.54) is 12.8 Å². The van der Waals surface area contributed by atoms with Gasteiger partial charge in [-0.15, -0.1) is 0 Å². The third-order valence-corrected chi connectivity index (χ3v) is 5.08. The maximum atomic E-state index is 12.7. The Kier molecular flexibility index (Phi) is 5.21. The Morgan fingerprint density at radius 3 is 2.65 bits per heavy atom. The van der Waals surface area contributed by atoms with Gasteiger partial charge in [-0.05, 0) is 45.6 Å². The normalized spacial score (nSPS) is 32.6. The molecular formula is C17H29N3O3. The Hall–Kier alpha value is -1.14. The molecule has 0 aromatic rings. The van der Waals surface area contributed by atoms with Crippen molar-refractivity contribution in [3.8, 4) is 0 Å². The highest BCUT2D eigenvalue weighted by atomic mass is 16.5. The highest BCUT2D eigenvalue weighted by Gasteiger charge is 2.35. The molecule has 0 aromatic carbocycles. The molecule has 2 aliphatic heterocycles. The number of likely N-dealkylation sites (tertiary alicyclic amines) is 1. The van der Waals surface area contributed by atoms with Gasteiger partial charge in [-0.3, -0.25) is 9.59 Å². The highest BCUT2D eigenvalue weighted by Crippen LogP contribution is 2.28. The van der Waals surface area contributed by atoms with Crippen LogP contribution in [0.15, 0.2) is 0 Å². The summed E-state index contributed by atoms with van der Waals surface area (Å²) in [6.07, 6.45) is 3.93. The van der Waals surface area contributed by atoms with Crippen molar-refractivity contribution in [1.82, 2.24) is 15.1 Å². The number of likely N-dealkylation sites (N-methyl/N-ethyl adjacent to an activating group) is 1. The first-order valence-electron chi connectivity index (χ1n) is 8.93. The van der Waals surface area contributed by atoms with Crippen LogP contribution in [0.3, 0.4) is 0 Å². The van der Waals surface area contributed by atoms with Crippen LogP contribution in [-0.4, -0.2) is 73.6 Å². The summed E-state index contributed by atoms with van der Waals surface area (Å²) in [5.74, 6) is 0.783. The molecule has 1 aliphatic carbocycles. The van der Waals surface area contributed by atoms with Gasteiger partial charge in [-0.25, -0.2) is 0 Å². The first-order chi connectivity index (χ1) is 11.0. The van der Waals surface area contributed by atoms with Crippen LogP contribution in [0, 0.1) is 11.8 Å². The van der Waals surface area contributed by atoms with Gasteiger partial charge < -0.3 is 19.9 Å². The topological polar surface area (TPSA) is 61.9 Å². The van der Waals surface area contributed by atoms with E-state index in [9.17, 15) is 9.59 Å². The maximum absolute atomic E-state index is 12.7. The van der Waals surface area contributed by atoms with E-state index < -0.39 is 6.10 Å². The lowest BCUT2D eigenvalue weighted by molar-refractivity contribution is -0.157. The summed E-state index contributed by atoms with van der Waals surface area (Å²) in [5.41, 5.74) is 0. The molecule has 6 heteroatoms. The van der Waals surface area contributed by atoms with Crippen molar-refractivity contribution in [2.45, 2.75) is 44.8 Å². The molecule has 3 aliphatic rings. The summed E-state index contributed by atoms with van der Waals surface area (Å²) in [4.78, 5) is 29.0. The van der Waals surface area contributed by atoms with Crippen molar-refractivity contribution in [1.29, 1.82) is 0 Å². The zero-order chi connectivity index (χ0) is 16.4. The number of piperidine rings is 1. The summed E-state index contributed by atoms with van der Waals surface area (Å²) >= 11 is 0. The number of ether oxygens (including phenoxy) is 1. The number of hydrogen-bond donors (Lipinski definition) is 1. The van der Waals surface area contributed by atoms with Crippen LogP contribution in [0.2, 0.25) is 0 Å². The van der Waals surface area contributed by atoms with E-state index in [-0.39, 0.29) is 23.8 Å². The minimum Gasteiger partial charge on any atom is -0.363 e. The monoisotopic (exact) mass is 323 g/mol. The van der Waals surface area contributed by atoms with Crippen LogP contribution in [0.25, 0.3) is 0 Å². The number of morpholine rings is 1. The summed E-state index contributed by atoms with van der Waals surface area (Å²) in [5, 5.41) is 3.05. The lowest BCUT2D eigenvalue weighted by Crippen LogP contribution is -2.55. The number of nitrogens with one attached hydrogen (secondary N) is 1. The van der Waals surface area contributed by atoms with E-state index >= 15 is 0 Å². The Balaban J connectivity index is 1.52. The van der Waals surface area contributed by atoms with Crippen molar-refractivity contribution < 1.29 is 14.3 Å². The molecule has 6 nitrogen and oxygen atoms in total.